The number of rotatable bonds is 17. The van der Waals surface area contributed by atoms with Gasteiger partial charge in [-0.1, -0.05) is 93.6 Å². The topological polar surface area (TPSA) is 117 Å². The van der Waals surface area contributed by atoms with Gasteiger partial charge in [0.25, 0.3) is 0 Å². The largest absolute Gasteiger partial charge is 0.455 e. The maximum Gasteiger partial charge on any atom is 0.313 e. The van der Waals surface area contributed by atoms with Gasteiger partial charge in [0.05, 0.1) is 36.6 Å². The van der Waals surface area contributed by atoms with E-state index in [1.807, 2.05) is 81.4 Å². The van der Waals surface area contributed by atoms with Crippen molar-refractivity contribution in [1.82, 2.24) is 14.7 Å². The number of likely N-dealkylation sites (N-methyl/N-ethyl adjacent to an activating group) is 1. The highest BCUT2D eigenvalue weighted by molar-refractivity contribution is 5.98. The molecule has 3 amide bonds. The van der Waals surface area contributed by atoms with Crippen LogP contribution in [0.4, 0.5) is 0 Å². The summed E-state index contributed by atoms with van der Waals surface area (Å²) in [5.74, 6) is -3.40. The van der Waals surface area contributed by atoms with Crippen molar-refractivity contribution in [2.45, 2.75) is 122 Å². The van der Waals surface area contributed by atoms with E-state index in [9.17, 15) is 14.7 Å². The molecule has 2 aromatic carbocycles. The summed E-state index contributed by atoms with van der Waals surface area (Å²) in [6.07, 6.45) is 4.54. The van der Waals surface area contributed by atoms with Crippen LogP contribution in [0.1, 0.15) is 90.9 Å². The van der Waals surface area contributed by atoms with Crippen molar-refractivity contribution in [2.24, 2.45) is 17.3 Å². The number of fused-ring (bicyclic) bond motifs is 1. The molecule has 0 radical (unpaired) electrons. The van der Waals surface area contributed by atoms with Crippen LogP contribution in [0.15, 0.2) is 86.0 Å². The maximum absolute atomic E-state index is 15.3. The number of hydrogen-bond acceptors (Lipinski definition) is 7. The Kier molecular flexibility index (Phi) is 12.8. The van der Waals surface area contributed by atoms with Gasteiger partial charge in [-0.05, 0) is 69.4 Å². The van der Waals surface area contributed by atoms with Crippen molar-refractivity contribution in [2.75, 3.05) is 20.2 Å². The monoisotopic (exact) mass is 755 g/mol. The smallest absolute Gasteiger partial charge is 0.313 e. The fourth-order valence-electron chi connectivity index (χ4n) is 9.60. The van der Waals surface area contributed by atoms with Crippen LogP contribution in [0.25, 0.3) is 0 Å². The highest BCUT2D eigenvalue weighted by Crippen LogP contribution is 2.60. The Morgan fingerprint density at radius 3 is 2.25 bits per heavy atom. The molecule has 2 bridgehead atoms. The number of carbonyl (C=O) groups excluding carboxylic acids is 4. The van der Waals surface area contributed by atoms with Crippen LogP contribution in [0.3, 0.4) is 0 Å². The number of nitrogens with zero attached hydrogens (tertiary/aromatic N) is 3. The number of benzene rings is 2. The van der Waals surface area contributed by atoms with Gasteiger partial charge < -0.3 is 29.3 Å². The Bertz CT molecular complexity index is 1710. The molecule has 3 heterocycles. The minimum absolute atomic E-state index is 0.110. The van der Waals surface area contributed by atoms with E-state index in [1.54, 1.807) is 29.0 Å². The Labute approximate surface area is 327 Å². The SMILES string of the molecule is C=CCCC(=O)N(C)[C@H](C)[C@H](OC(=O)[C@@H]1[C@H]2C(=O)N([C@@H](CO)Cc3ccccc3)[C@H](C(=O)N(CC=C)C(C)(C)CC(C)(C)C)[C@]23CC[C@H]1O3)c1ccccc1. The maximum atomic E-state index is 15.3. The summed E-state index contributed by atoms with van der Waals surface area (Å²) in [5, 5.41) is 11.0. The van der Waals surface area contributed by atoms with Gasteiger partial charge in [-0.2, -0.15) is 0 Å². The van der Waals surface area contributed by atoms with E-state index in [0.717, 1.165) is 5.56 Å². The van der Waals surface area contributed by atoms with Gasteiger partial charge in [-0.25, -0.2) is 0 Å². The van der Waals surface area contributed by atoms with E-state index >= 15 is 9.59 Å². The molecule has 0 unspecified atom stereocenters. The van der Waals surface area contributed by atoms with Crippen molar-refractivity contribution >= 4 is 23.7 Å². The first-order chi connectivity index (χ1) is 26.0. The van der Waals surface area contributed by atoms with Gasteiger partial charge in [-0.15, -0.1) is 13.2 Å². The molecular weight excluding hydrogens is 695 g/mol. The number of allylic oxidation sites excluding steroid dienone is 1. The molecule has 10 nitrogen and oxygen atoms in total. The minimum atomic E-state index is -1.31. The van der Waals surface area contributed by atoms with E-state index in [4.69, 9.17) is 9.47 Å². The normalized spacial score (nSPS) is 24.8. The van der Waals surface area contributed by atoms with E-state index in [-0.39, 0.29) is 30.2 Å². The molecule has 1 N–H and O–H groups in total. The summed E-state index contributed by atoms with van der Waals surface area (Å²) in [6, 6.07) is 16.5. The summed E-state index contributed by atoms with van der Waals surface area (Å²) >= 11 is 0. The number of aliphatic hydroxyl groups is 1. The van der Waals surface area contributed by atoms with Crippen LogP contribution in [0.2, 0.25) is 0 Å². The van der Waals surface area contributed by atoms with E-state index in [0.29, 0.717) is 37.7 Å². The standard InChI is InChI=1S/C45H61N3O7/c1-10-12-23-35(50)46(9)30(3)38(32-21-17-14-18-22-32)54-42(53)36-34-24-25-45(55-34)37(36)40(51)48(33(28-49)27-31-19-15-13-16-20-31)39(45)41(52)47(26-11-2)44(7,8)29-43(4,5)6/h10-11,13-22,30,33-34,36-39,49H,1-2,12,23-29H2,3-9H3/t30-,33-,34-,36+,37+,38+,39-,45+/m1/s1. The molecule has 5 rings (SSSR count). The molecule has 1 spiro atoms. The first-order valence-electron chi connectivity index (χ1n) is 19.7. The highest BCUT2D eigenvalue weighted by atomic mass is 16.6. The fourth-order valence-corrected chi connectivity index (χ4v) is 9.60. The third-order valence-corrected chi connectivity index (χ3v) is 11.8. The zero-order valence-electron chi connectivity index (χ0n) is 33.8. The van der Waals surface area contributed by atoms with Gasteiger partial charge in [0, 0.05) is 25.6 Å². The molecule has 8 atom stereocenters. The number of likely N-dealkylation sites (tertiary alicyclic amines) is 1. The number of carbonyl (C=O) groups is 4. The lowest BCUT2D eigenvalue weighted by Gasteiger charge is -2.46. The lowest BCUT2D eigenvalue weighted by atomic mass is 9.70. The van der Waals surface area contributed by atoms with Crippen LogP contribution in [-0.2, 0) is 35.1 Å². The zero-order chi connectivity index (χ0) is 40.3. The summed E-state index contributed by atoms with van der Waals surface area (Å²) in [6.45, 7) is 19.8. The molecule has 298 valence electrons. The molecule has 3 aliphatic rings. The van der Waals surface area contributed by atoms with Crippen LogP contribution < -0.4 is 0 Å². The number of esters is 1. The van der Waals surface area contributed by atoms with Crippen molar-refractivity contribution in [1.29, 1.82) is 0 Å². The Morgan fingerprint density at radius 2 is 1.67 bits per heavy atom. The zero-order valence-corrected chi connectivity index (χ0v) is 33.8. The lowest BCUT2D eigenvalue weighted by molar-refractivity contribution is -0.165. The van der Waals surface area contributed by atoms with Crippen molar-refractivity contribution < 1.29 is 33.8 Å². The average molecular weight is 756 g/mol. The second-order valence-corrected chi connectivity index (χ2v) is 17.5. The third-order valence-electron chi connectivity index (χ3n) is 11.8. The summed E-state index contributed by atoms with van der Waals surface area (Å²) < 4.78 is 13.2. The van der Waals surface area contributed by atoms with Crippen molar-refractivity contribution in [3.8, 4) is 0 Å². The molecule has 0 saturated carbocycles. The summed E-state index contributed by atoms with van der Waals surface area (Å²) in [5.41, 5.74) is -0.454. The van der Waals surface area contributed by atoms with Crippen LogP contribution in [-0.4, -0.2) is 99.1 Å². The first kappa shape index (κ1) is 41.9. The van der Waals surface area contributed by atoms with Gasteiger partial charge >= 0.3 is 5.97 Å². The van der Waals surface area contributed by atoms with Crippen molar-refractivity contribution in [3.05, 3.63) is 97.1 Å². The number of aliphatic hydroxyl groups excluding tert-OH is 1. The van der Waals surface area contributed by atoms with Crippen molar-refractivity contribution in [3.63, 3.8) is 0 Å². The fraction of sp³-hybridized carbons (Fsp3) is 0.556. The van der Waals surface area contributed by atoms with Crippen LogP contribution >= 0.6 is 0 Å². The molecule has 2 aromatic rings. The summed E-state index contributed by atoms with van der Waals surface area (Å²) in [4.78, 5) is 63.2. The van der Waals surface area contributed by atoms with Gasteiger partial charge in [0.1, 0.15) is 17.7 Å². The molecule has 3 saturated heterocycles. The molecular formula is C45H61N3O7. The van der Waals surface area contributed by atoms with Gasteiger partial charge in [0.2, 0.25) is 17.7 Å². The quantitative estimate of drug-likeness (QED) is 0.149. The molecule has 3 aliphatic heterocycles. The highest BCUT2D eigenvalue weighted by Gasteiger charge is 2.76. The lowest BCUT2D eigenvalue weighted by Crippen LogP contribution is -2.62. The Hall–Kier alpha value is -4.28. The Balaban J connectivity index is 1.56. The molecule has 10 heteroatoms. The molecule has 3 fully saturated rings. The Morgan fingerprint density at radius 1 is 1.04 bits per heavy atom. The first-order valence-corrected chi connectivity index (χ1v) is 19.7. The third kappa shape index (κ3) is 8.46. The average Bonchev–Trinajstić information content (AvgIpc) is 3.80. The second-order valence-electron chi connectivity index (χ2n) is 17.5. The van der Waals surface area contributed by atoms with Gasteiger partial charge in [-0.3, -0.25) is 19.2 Å². The summed E-state index contributed by atoms with van der Waals surface area (Å²) in [7, 11) is 1.70. The van der Waals surface area contributed by atoms with E-state index < -0.39 is 71.8 Å². The van der Waals surface area contributed by atoms with Gasteiger partial charge in [0.15, 0.2) is 0 Å². The number of hydrogen-bond donors (Lipinski definition) is 1. The predicted octanol–water partition coefficient (Wildman–Crippen LogP) is 6.29. The minimum Gasteiger partial charge on any atom is -0.455 e. The second kappa shape index (κ2) is 16.8. The van der Waals surface area contributed by atoms with E-state index in [2.05, 4.69) is 33.9 Å². The van der Waals surface area contributed by atoms with Crippen LogP contribution in [0.5, 0.6) is 0 Å². The van der Waals surface area contributed by atoms with Crippen LogP contribution in [0, 0.1) is 17.3 Å². The molecule has 0 aromatic heterocycles. The van der Waals surface area contributed by atoms with E-state index in [1.165, 1.54) is 4.90 Å². The molecule has 55 heavy (non-hydrogen) atoms. The predicted molar refractivity (Wildman–Crippen MR) is 212 cm³/mol. The number of amides is 3. The number of ether oxygens (including phenoxy) is 2. The molecule has 0 aliphatic carbocycles.